The number of ketones is 1. The highest BCUT2D eigenvalue weighted by atomic mass is 16.1. The van der Waals surface area contributed by atoms with E-state index in [0.717, 1.165) is 5.56 Å². The molecule has 0 aliphatic rings. The molecule has 0 bridgehead atoms. The van der Waals surface area contributed by atoms with Gasteiger partial charge in [-0.15, -0.1) is 0 Å². The molecule has 3 nitrogen and oxygen atoms in total. The van der Waals surface area contributed by atoms with Crippen LogP contribution in [0.4, 0.5) is 0 Å². The summed E-state index contributed by atoms with van der Waals surface area (Å²) in [5, 5.41) is 8.48. The van der Waals surface area contributed by atoms with E-state index in [1.54, 1.807) is 18.2 Å². The van der Waals surface area contributed by atoms with Gasteiger partial charge in [0, 0.05) is 11.6 Å². The first-order chi connectivity index (χ1) is 6.65. The summed E-state index contributed by atoms with van der Waals surface area (Å²) in [7, 11) is 0. The number of nitrogens with two attached hydrogens (primary N) is 1. The predicted octanol–water partition coefficient (Wildman–Crippen LogP) is 1.80. The molecule has 1 atom stereocenters. The van der Waals surface area contributed by atoms with Crippen molar-refractivity contribution >= 4 is 5.78 Å². The summed E-state index contributed by atoms with van der Waals surface area (Å²) in [6.45, 7) is 1.51. The highest BCUT2D eigenvalue weighted by Crippen LogP contribution is 2.15. The summed E-state index contributed by atoms with van der Waals surface area (Å²) < 4.78 is 0. The van der Waals surface area contributed by atoms with Crippen LogP contribution >= 0.6 is 0 Å². The quantitative estimate of drug-likeness (QED) is 0.735. The van der Waals surface area contributed by atoms with Crippen molar-refractivity contribution in [3.05, 3.63) is 35.4 Å². The first-order valence-electron chi connectivity index (χ1n) is 4.38. The number of carbonyl (C=O) groups excluding carboxylic acids is 1. The SMILES string of the molecule is CC(=O)c1cccc([C@H](N)CC#N)c1. The zero-order chi connectivity index (χ0) is 10.6. The van der Waals surface area contributed by atoms with Crippen molar-refractivity contribution in [2.75, 3.05) is 0 Å². The second-order valence-electron chi connectivity index (χ2n) is 3.15. The molecule has 0 heterocycles. The third kappa shape index (κ3) is 2.41. The molecule has 1 aromatic carbocycles. The van der Waals surface area contributed by atoms with Crippen LogP contribution in [0.2, 0.25) is 0 Å². The maximum absolute atomic E-state index is 11.1. The maximum Gasteiger partial charge on any atom is 0.159 e. The van der Waals surface area contributed by atoms with Crippen molar-refractivity contribution in [1.82, 2.24) is 0 Å². The Balaban J connectivity index is 2.94. The van der Waals surface area contributed by atoms with Crippen LogP contribution < -0.4 is 5.73 Å². The minimum Gasteiger partial charge on any atom is -0.323 e. The average Bonchev–Trinajstić information content (AvgIpc) is 2.18. The van der Waals surface area contributed by atoms with Crippen molar-refractivity contribution in [2.45, 2.75) is 19.4 Å². The minimum atomic E-state index is -0.306. The second kappa shape index (κ2) is 4.54. The summed E-state index contributed by atoms with van der Waals surface area (Å²) in [5.41, 5.74) is 7.21. The molecule has 0 unspecified atom stereocenters. The molecule has 3 heteroatoms. The van der Waals surface area contributed by atoms with E-state index in [2.05, 4.69) is 0 Å². The van der Waals surface area contributed by atoms with Gasteiger partial charge in [-0.2, -0.15) is 5.26 Å². The van der Waals surface area contributed by atoms with Crippen LogP contribution in [0, 0.1) is 11.3 Å². The lowest BCUT2D eigenvalue weighted by molar-refractivity contribution is 0.101. The number of hydrogen-bond donors (Lipinski definition) is 1. The van der Waals surface area contributed by atoms with Crippen LogP contribution in [-0.4, -0.2) is 5.78 Å². The van der Waals surface area contributed by atoms with E-state index in [9.17, 15) is 4.79 Å². The third-order valence-electron chi connectivity index (χ3n) is 2.03. The molecule has 0 saturated carbocycles. The smallest absolute Gasteiger partial charge is 0.159 e. The van der Waals surface area contributed by atoms with E-state index in [1.165, 1.54) is 6.92 Å². The molecule has 0 aromatic heterocycles. The number of rotatable bonds is 3. The molecule has 1 aromatic rings. The molecule has 0 saturated heterocycles. The molecule has 0 aliphatic carbocycles. The zero-order valence-electron chi connectivity index (χ0n) is 8.03. The van der Waals surface area contributed by atoms with Gasteiger partial charge < -0.3 is 5.73 Å². The number of Topliss-reactive ketones (excluding diaryl/α,β-unsaturated/α-hetero) is 1. The summed E-state index contributed by atoms with van der Waals surface area (Å²) >= 11 is 0. The number of nitrogens with zero attached hydrogens (tertiary/aromatic N) is 1. The van der Waals surface area contributed by atoms with E-state index < -0.39 is 0 Å². The molecule has 0 fully saturated rings. The summed E-state index contributed by atoms with van der Waals surface area (Å²) in [5.74, 6) is 0.0102. The van der Waals surface area contributed by atoms with Crippen molar-refractivity contribution in [1.29, 1.82) is 5.26 Å². The fourth-order valence-corrected chi connectivity index (χ4v) is 1.20. The number of benzene rings is 1. The van der Waals surface area contributed by atoms with Crippen LogP contribution in [-0.2, 0) is 0 Å². The topological polar surface area (TPSA) is 66.9 Å². The summed E-state index contributed by atoms with van der Waals surface area (Å²) in [6, 6.07) is 8.79. The molecule has 2 N–H and O–H groups in total. The molecular formula is C11H12N2O. The summed E-state index contributed by atoms with van der Waals surface area (Å²) in [6.07, 6.45) is 0.265. The van der Waals surface area contributed by atoms with Crippen molar-refractivity contribution < 1.29 is 4.79 Å². The van der Waals surface area contributed by atoms with Gasteiger partial charge in [0.1, 0.15) is 0 Å². The van der Waals surface area contributed by atoms with Gasteiger partial charge in [0.05, 0.1) is 12.5 Å². The Labute approximate surface area is 83.2 Å². The Morgan fingerprint density at radius 1 is 1.64 bits per heavy atom. The first kappa shape index (κ1) is 10.4. The van der Waals surface area contributed by atoms with Crippen LogP contribution in [0.3, 0.4) is 0 Å². The molecule has 72 valence electrons. The highest BCUT2D eigenvalue weighted by Gasteiger charge is 2.07. The average molecular weight is 188 g/mol. The fraction of sp³-hybridized carbons (Fsp3) is 0.273. The predicted molar refractivity (Wildman–Crippen MR) is 53.6 cm³/mol. The normalized spacial score (nSPS) is 11.8. The monoisotopic (exact) mass is 188 g/mol. The maximum atomic E-state index is 11.1. The van der Waals surface area contributed by atoms with Gasteiger partial charge in [0.15, 0.2) is 5.78 Å². The van der Waals surface area contributed by atoms with Gasteiger partial charge in [-0.05, 0) is 18.6 Å². The molecule has 0 amide bonds. The Kier molecular flexibility index (Phi) is 3.38. The van der Waals surface area contributed by atoms with Crippen LogP contribution in [0.15, 0.2) is 24.3 Å². The Bertz CT molecular complexity index is 379. The Morgan fingerprint density at radius 2 is 2.36 bits per heavy atom. The van der Waals surface area contributed by atoms with Gasteiger partial charge in [-0.1, -0.05) is 18.2 Å². The lowest BCUT2D eigenvalue weighted by Crippen LogP contribution is -2.09. The second-order valence-corrected chi connectivity index (χ2v) is 3.15. The number of nitriles is 1. The first-order valence-corrected chi connectivity index (χ1v) is 4.38. The van der Waals surface area contributed by atoms with E-state index in [1.807, 2.05) is 12.1 Å². The van der Waals surface area contributed by atoms with Crippen LogP contribution in [0.5, 0.6) is 0 Å². The van der Waals surface area contributed by atoms with Gasteiger partial charge >= 0.3 is 0 Å². The Hall–Kier alpha value is -1.66. The van der Waals surface area contributed by atoms with Crippen molar-refractivity contribution in [3.8, 4) is 6.07 Å². The lowest BCUT2D eigenvalue weighted by atomic mass is 10.0. The third-order valence-corrected chi connectivity index (χ3v) is 2.03. The van der Waals surface area contributed by atoms with Crippen LogP contribution in [0.25, 0.3) is 0 Å². The standard InChI is InChI=1S/C11H12N2O/c1-8(14)9-3-2-4-10(7-9)11(13)5-6-12/h2-4,7,11H,5,13H2,1H3/t11-/m1/s1. The van der Waals surface area contributed by atoms with Crippen LogP contribution in [0.1, 0.15) is 35.3 Å². The molecule has 14 heavy (non-hydrogen) atoms. The van der Waals surface area contributed by atoms with Gasteiger partial charge in [0.25, 0.3) is 0 Å². The van der Waals surface area contributed by atoms with Gasteiger partial charge in [0.2, 0.25) is 0 Å². The van der Waals surface area contributed by atoms with E-state index >= 15 is 0 Å². The molecule has 0 radical (unpaired) electrons. The molecular weight excluding hydrogens is 176 g/mol. The molecule has 0 spiro atoms. The number of carbonyl (C=O) groups is 1. The highest BCUT2D eigenvalue weighted by molar-refractivity contribution is 5.94. The Morgan fingerprint density at radius 3 is 2.93 bits per heavy atom. The van der Waals surface area contributed by atoms with Gasteiger partial charge in [-0.3, -0.25) is 4.79 Å². The zero-order valence-corrected chi connectivity index (χ0v) is 8.03. The largest absolute Gasteiger partial charge is 0.323 e. The minimum absolute atomic E-state index is 0.0102. The van der Waals surface area contributed by atoms with Gasteiger partial charge in [-0.25, -0.2) is 0 Å². The van der Waals surface area contributed by atoms with Crippen molar-refractivity contribution in [2.24, 2.45) is 5.73 Å². The molecule has 1 rings (SSSR count). The molecule has 0 aliphatic heterocycles. The van der Waals surface area contributed by atoms with E-state index in [4.69, 9.17) is 11.0 Å². The van der Waals surface area contributed by atoms with E-state index in [0.29, 0.717) is 5.56 Å². The van der Waals surface area contributed by atoms with E-state index in [-0.39, 0.29) is 18.2 Å². The lowest BCUT2D eigenvalue weighted by Gasteiger charge is -2.08. The fourth-order valence-electron chi connectivity index (χ4n) is 1.20. The number of hydrogen-bond acceptors (Lipinski definition) is 3. The van der Waals surface area contributed by atoms with Crippen molar-refractivity contribution in [3.63, 3.8) is 0 Å². The summed E-state index contributed by atoms with van der Waals surface area (Å²) in [4.78, 5) is 11.1.